The van der Waals surface area contributed by atoms with E-state index in [-0.39, 0.29) is 35.6 Å². The molecule has 0 N–H and O–H groups in total. The monoisotopic (exact) mass is 693 g/mol. The van der Waals surface area contributed by atoms with Gasteiger partial charge in [0.25, 0.3) is 0 Å². The van der Waals surface area contributed by atoms with Crippen molar-refractivity contribution in [1.82, 2.24) is 0 Å². The van der Waals surface area contributed by atoms with Crippen LogP contribution in [0.4, 0.5) is 0 Å². The number of halogens is 2. The molecule has 0 radical (unpaired) electrons. The van der Waals surface area contributed by atoms with Gasteiger partial charge in [0.05, 0.1) is 38.6 Å². The van der Waals surface area contributed by atoms with Gasteiger partial charge in [0.1, 0.15) is 16.7 Å². The Balaban J connectivity index is 2.46. The molecule has 0 unspecified atom stereocenters. The largest absolute Gasteiger partial charge is 0.495 e. The van der Waals surface area contributed by atoms with Crippen molar-refractivity contribution < 1.29 is 28.6 Å². The van der Waals surface area contributed by atoms with Gasteiger partial charge in [-0.05, 0) is 95.3 Å². The average molecular weight is 693 g/mol. The number of carbonyl (C=O) groups excluding carboxylic acids is 3. The maximum Gasteiger partial charge on any atom is 0.348 e. The molecule has 0 aliphatic heterocycles. The number of thiophene rings is 1. The van der Waals surface area contributed by atoms with E-state index in [4.69, 9.17) is 14.2 Å². The normalized spacial score (nSPS) is 11.0. The van der Waals surface area contributed by atoms with Crippen LogP contribution in [0.1, 0.15) is 49.9 Å². The van der Waals surface area contributed by atoms with Crippen LogP contribution in [0, 0.1) is 25.4 Å². The molecule has 174 valence electrons. The van der Waals surface area contributed by atoms with E-state index >= 15 is 0 Å². The number of nitriles is 1. The molecule has 2 aromatic rings. The maximum atomic E-state index is 13.0. The summed E-state index contributed by atoms with van der Waals surface area (Å²) in [6, 6.07) is 5.57. The van der Waals surface area contributed by atoms with Gasteiger partial charge in [0, 0.05) is 11.3 Å². The minimum Gasteiger partial charge on any atom is -0.495 e. The van der Waals surface area contributed by atoms with Gasteiger partial charge in [-0.25, -0.2) is 9.59 Å². The molecule has 0 fully saturated rings. The molecule has 10 heteroatoms. The van der Waals surface area contributed by atoms with Gasteiger partial charge >= 0.3 is 11.9 Å². The molecule has 0 atom stereocenters. The summed E-state index contributed by atoms with van der Waals surface area (Å²) >= 11 is 5.26. The molecule has 1 aromatic carbocycles. The summed E-state index contributed by atoms with van der Waals surface area (Å²) in [5, 5.41) is 9.63. The second kappa shape index (κ2) is 12.5. The van der Waals surface area contributed by atoms with Crippen LogP contribution in [0.2, 0.25) is 0 Å². The highest BCUT2D eigenvalue weighted by Crippen LogP contribution is 2.32. The van der Waals surface area contributed by atoms with Crippen LogP contribution in [0.25, 0.3) is 6.08 Å². The second-order valence-electron chi connectivity index (χ2n) is 6.58. The van der Waals surface area contributed by atoms with Crippen LogP contribution in [-0.4, -0.2) is 38.0 Å². The number of hydrogen-bond acceptors (Lipinski definition) is 8. The number of rotatable bonds is 9. The number of hydrogen-bond donors (Lipinski definition) is 0. The number of benzene rings is 1. The van der Waals surface area contributed by atoms with Crippen molar-refractivity contribution >= 4 is 80.3 Å². The molecule has 1 aromatic heterocycles. The van der Waals surface area contributed by atoms with E-state index in [0.29, 0.717) is 16.0 Å². The van der Waals surface area contributed by atoms with E-state index in [0.717, 1.165) is 24.2 Å². The average Bonchev–Trinajstić information content (AvgIpc) is 3.07. The van der Waals surface area contributed by atoms with Crippen LogP contribution in [0.15, 0.2) is 17.7 Å². The third-order valence-electron chi connectivity index (χ3n) is 4.44. The first-order chi connectivity index (χ1) is 15.7. The molecule has 1 heterocycles. The number of methoxy groups -OCH3 is 1. The SMILES string of the molecule is CCOC(=O)c1sc(CC(=O)C(C#N)=Cc2cc(I)c(OC)c(I)c2)c(C(=O)OCC)c1C. The Kier molecular flexibility index (Phi) is 10.3. The highest BCUT2D eigenvalue weighted by molar-refractivity contribution is 14.1. The second-order valence-corrected chi connectivity index (χ2v) is 10.0. The summed E-state index contributed by atoms with van der Waals surface area (Å²) in [6.45, 7) is 5.30. The summed E-state index contributed by atoms with van der Waals surface area (Å²) in [7, 11) is 1.58. The molecule has 2 rings (SSSR count). The van der Waals surface area contributed by atoms with Gasteiger partial charge in [0.15, 0.2) is 5.78 Å². The number of Topliss-reactive ketones (excluding diaryl/α,β-unsaturated/α-hetero) is 1. The zero-order valence-corrected chi connectivity index (χ0v) is 23.5. The Morgan fingerprint density at radius 1 is 1.09 bits per heavy atom. The van der Waals surface area contributed by atoms with Crippen molar-refractivity contribution in [2.45, 2.75) is 27.2 Å². The number of allylic oxidation sites excluding steroid dienone is 1. The summed E-state index contributed by atoms with van der Waals surface area (Å²) in [4.78, 5) is 38.5. The quantitative estimate of drug-likeness (QED) is 0.151. The molecular formula is C23H21I2NO6S. The number of esters is 2. The lowest BCUT2D eigenvalue weighted by molar-refractivity contribution is -0.114. The van der Waals surface area contributed by atoms with Crippen LogP contribution in [0.3, 0.4) is 0 Å². The predicted octanol–water partition coefficient (Wildman–Crippen LogP) is 5.35. The van der Waals surface area contributed by atoms with Gasteiger partial charge in [-0.3, -0.25) is 4.79 Å². The Labute approximate surface area is 223 Å². The summed E-state index contributed by atoms with van der Waals surface area (Å²) in [6.07, 6.45) is 1.28. The van der Waals surface area contributed by atoms with Crippen LogP contribution in [0.5, 0.6) is 5.75 Å². The van der Waals surface area contributed by atoms with Crippen molar-refractivity contribution in [1.29, 1.82) is 5.26 Å². The Bertz CT molecular complexity index is 1140. The number of ether oxygens (including phenoxy) is 3. The zero-order chi connectivity index (χ0) is 24.7. The van der Waals surface area contributed by atoms with E-state index in [2.05, 4.69) is 45.2 Å². The standard InChI is InChI=1S/C23H21I2NO6S/c1-5-31-22(28)19-12(3)21(23(29)32-6-2)33-18(19)10-17(27)14(11-26)7-13-8-15(24)20(30-4)16(25)9-13/h7-9H,5-6,10H2,1-4H3. The molecular weight excluding hydrogens is 672 g/mol. The lowest BCUT2D eigenvalue weighted by atomic mass is 10.0. The number of carbonyl (C=O) groups is 3. The summed E-state index contributed by atoms with van der Waals surface area (Å²) in [5.41, 5.74) is 1.19. The van der Waals surface area contributed by atoms with Gasteiger partial charge in [-0.1, -0.05) is 0 Å². The first kappa shape index (κ1) is 27.3. The fraction of sp³-hybridized carbons (Fsp3) is 0.304. The molecule has 0 saturated heterocycles. The first-order valence-corrected chi connectivity index (χ1v) is 12.8. The third kappa shape index (κ3) is 6.54. The molecule has 0 bridgehead atoms. The fourth-order valence-corrected chi connectivity index (χ4v) is 6.44. The number of ketones is 1. The van der Waals surface area contributed by atoms with Gasteiger partial charge in [-0.2, -0.15) is 5.26 Å². The Hall–Kier alpha value is -1.98. The van der Waals surface area contributed by atoms with Crippen molar-refractivity contribution in [2.24, 2.45) is 0 Å². The minimum absolute atomic E-state index is 0.0645. The van der Waals surface area contributed by atoms with Gasteiger partial charge in [0.2, 0.25) is 0 Å². The lowest BCUT2D eigenvalue weighted by Crippen LogP contribution is -2.12. The fourth-order valence-electron chi connectivity index (χ4n) is 3.00. The van der Waals surface area contributed by atoms with Crippen LogP contribution < -0.4 is 4.74 Å². The Morgan fingerprint density at radius 3 is 2.18 bits per heavy atom. The number of nitrogens with zero attached hydrogens (tertiary/aromatic N) is 1. The molecule has 0 aliphatic carbocycles. The van der Waals surface area contributed by atoms with Crippen molar-refractivity contribution in [3.05, 3.63) is 51.3 Å². The van der Waals surface area contributed by atoms with E-state index in [9.17, 15) is 19.6 Å². The van der Waals surface area contributed by atoms with Crippen molar-refractivity contribution in [3.8, 4) is 11.8 Å². The third-order valence-corrected chi connectivity index (χ3v) is 7.31. The maximum absolute atomic E-state index is 13.0. The zero-order valence-electron chi connectivity index (χ0n) is 18.4. The predicted molar refractivity (Wildman–Crippen MR) is 142 cm³/mol. The molecule has 7 nitrogen and oxygen atoms in total. The molecule has 0 aliphatic rings. The van der Waals surface area contributed by atoms with Crippen molar-refractivity contribution in [2.75, 3.05) is 20.3 Å². The lowest BCUT2D eigenvalue weighted by Gasteiger charge is -2.08. The van der Waals surface area contributed by atoms with E-state index in [1.807, 2.05) is 18.2 Å². The topological polar surface area (TPSA) is 103 Å². The van der Waals surface area contributed by atoms with E-state index < -0.39 is 17.7 Å². The van der Waals surface area contributed by atoms with E-state index in [1.165, 1.54) is 6.08 Å². The van der Waals surface area contributed by atoms with Gasteiger partial charge < -0.3 is 14.2 Å². The molecule has 33 heavy (non-hydrogen) atoms. The Morgan fingerprint density at radius 2 is 1.67 bits per heavy atom. The minimum atomic E-state index is -0.619. The van der Waals surface area contributed by atoms with Crippen molar-refractivity contribution in [3.63, 3.8) is 0 Å². The first-order valence-electron chi connectivity index (χ1n) is 9.82. The molecule has 0 saturated carbocycles. The highest BCUT2D eigenvalue weighted by Gasteiger charge is 2.28. The molecule has 0 spiro atoms. The summed E-state index contributed by atoms with van der Waals surface area (Å²) < 4.78 is 17.2. The van der Waals surface area contributed by atoms with Crippen LogP contribution in [-0.2, 0) is 20.7 Å². The smallest absolute Gasteiger partial charge is 0.348 e. The van der Waals surface area contributed by atoms with E-state index in [1.54, 1.807) is 27.9 Å². The van der Waals surface area contributed by atoms with Crippen LogP contribution >= 0.6 is 56.5 Å². The highest BCUT2D eigenvalue weighted by atomic mass is 127. The summed E-state index contributed by atoms with van der Waals surface area (Å²) in [5.74, 6) is -0.938. The van der Waals surface area contributed by atoms with Gasteiger partial charge in [-0.15, -0.1) is 11.3 Å². The molecule has 0 amide bonds.